The number of ether oxygens (including phenoxy) is 1. The van der Waals surface area contributed by atoms with Crippen molar-refractivity contribution >= 4 is 34.4 Å². The fourth-order valence-electron chi connectivity index (χ4n) is 3.11. The Morgan fingerprint density at radius 2 is 1.81 bits per heavy atom. The van der Waals surface area contributed by atoms with Gasteiger partial charge in [0.05, 0.1) is 17.9 Å². The quantitative estimate of drug-likeness (QED) is 0.462. The molecule has 0 saturated carbocycles. The molecule has 0 aliphatic carbocycles. The highest BCUT2D eigenvalue weighted by atomic mass is 16.5. The summed E-state index contributed by atoms with van der Waals surface area (Å²) < 4.78 is 11.0. The summed E-state index contributed by atoms with van der Waals surface area (Å²) in [6, 6.07) is 21.1. The summed E-state index contributed by atoms with van der Waals surface area (Å²) in [6.45, 7) is 3.90. The maximum atomic E-state index is 13.1. The first-order valence-corrected chi connectivity index (χ1v) is 10.1. The summed E-state index contributed by atoms with van der Waals surface area (Å²) in [5.41, 5.74) is 2.75. The van der Waals surface area contributed by atoms with E-state index in [1.54, 1.807) is 43.3 Å². The van der Waals surface area contributed by atoms with Gasteiger partial charge < -0.3 is 14.5 Å². The van der Waals surface area contributed by atoms with Crippen LogP contribution >= 0.6 is 0 Å². The first-order valence-electron chi connectivity index (χ1n) is 10.1. The van der Waals surface area contributed by atoms with Crippen molar-refractivity contribution in [2.45, 2.75) is 13.8 Å². The number of nitrogens with zero attached hydrogens (tertiary/aromatic N) is 2. The van der Waals surface area contributed by atoms with Crippen molar-refractivity contribution in [3.05, 3.63) is 95.2 Å². The molecule has 2 aromatic heterocycles. The summed E-state index contributed by atoms with van der Waals surface area (Å²) >= 11 is 0. The summed E-state index contributed by atoms with van der Waals surface area (Å²) in [4.78, 5) is 33.8. The number of amides is 1. The summed E-state index contributed by atoms with van der Waals surface area (Å²) in [5.74, 6) is -0.354. The normalized spacial score (nSPS) is 11.4. The molecule has 0 aliphatic heterocycles. The third-order valence-corrected chi connectivity index (χ3v) is 4.64. The molecule has 1 amide bonds. The number of carbonyl (C=O) groups is 2. The molecule has 4 rings (SSSR count). The lowest BCUT2D eigenvalue weighted by atomic mass is 10.1. The summed E-state index contributed by atoms with van der Waals surface area (Å²) in [7, 11) is 0. The third-order valence-electron chi connectivity index (χ3n) is 4.64. The summed E-state index contributed by atoms with van der Waals surface area (Å²) in [6.07, 6.45) is 0. The van der Waals surface area contributed by atoms with Gasteiger partial charge in [-0.25, -0.2) is 14.8 Å². The lowest BCUT2D eigenvalue weighted by molar-refractivity contribution is 0.0526. The Balaban J connectivity index is 1.75. The Kier molecular flexibility index (Phi) is 6.07. The number of anilines is 1. The Hall–Kier alpha value is -4.26. The van der Waals surface area contributed by atoms with E-state index >= 15 is 0 Å². The fourth-order valence-corrected chi connectivity index (χ4v) is 3.11. The molecule has 7 heteroatoms. The fraction of sp³-hybridized carbons (Fsp3) is 0.120. The molecule has 2 heterocycles. The molecule has 32 heavy (non-hydrogen) atoms. The van der Waals surface area contributed by atoms with E-state index in [9.17, 15) is 9.59 Å². The van der Waals surface area contributed by atoms with Gasteiger partial charge in [-0.3, -0.25) is 4.79 Å². The van der Waals surface area contributed by atoms with Gasteiger partial charge in [-0.05, 0) is 62.4 Å². The minimum absolute atomic E-state index is 0.151. The molecule has 0 saturated heterocycles. The molecule has 160 valence electrons. The average molecular weight is 427 g/mol. The van der Waals surface area contributed by atoms with Crippen LogP contribution in [0, 0.1) is 6.92 Å². The molecule has 0 bridgehead atoms. The van der Waals surface area contributed by atoms with E-state index in [2.05, 4.69) is 15.3 Å². The number of nitrogens with one attached hydrogen (secondary N) is 1. The maximum absolute atomic E-state index is 13.1. The van der Waals surface area contributed by atoms with Crippen molar-refractivity contribution in [1.29, 1.82) is 0 Å². The van der Waals surface area contributed by atoms with E-state index in [4.69, 9.17) is 9.15 Å². The van der Waals surface area contributed by atoms with Crippen molar-refractivity contribution in [1.82, 2.24) is 4.98 Å². The Bertz CT molecular complexity index is 1360. The van der Waals surface area contributed by atoms with Crippen LogP contribution in [0.4, 0.5) is 11.5 Å². The zero-order valence-electron chi connectivity index (χ0n) is 17.7. The third kappa shape index (κ3) is 4.73. The van der Waals surface area contributed by atoms with Gasteiger partial charge in [-0.2, -0.15) is 0 Å². The Morgan fingerprint density at radius 3 is 2.56 bits per heavy atom. The molecule has 1 N–H and O–H groups in total. The van der Waals surface area contributed by atoms with Crippen molar-refractivity contribution in [2.75, 3.05) is 11.9 Å². The first kappa shape index (κ1) is 21.0. The topological polar surface area (TPSA) is 93.8 Å². The molecular formula is C25H21N3O4. The number of benzene rings is 2. The number of para-hydroxylation sites is 1. The number of aryl methyl sites for hydroxylation is 1. The first-order chi connectivity index (χ1) is 15.5. The number of fused-ring (bicyclic) bond motifs is 1. The second kappa shape index (κ2) is 9.26. The van der Waals surface area contributed by atoms with E-state index in [0.717, 1.165) is 11.1 Å². The monoisotopic (exact) mass is 427 g/mol. The maximum Gasteiger partial charge on any atom is 0.338 e. The van der Waals surface area contributed by atoms with E-state index < -0.39 is 5.97 Å². The predicted octanol–water partition coefficient (Wildman–Crippen LogP) is 4.80. The molecule has 0 radical (unpaired) electrons. The second-order valence-corrected chi connectivity index (χ2v) is 7.00. The largest absolute Gasteiger partial charge is 0.462 e. The number of hydrogen-bond acceptors (Lipinski definition) is 6. The van der Waals surface area contributed by atoms with Gasteiger partial charge in [0.25, 0.3) is 5.91 Å². The van der Waals surface area contributed by atoms with Gasteiger partial charge in [0, 0.05) is 11.1 Å². The number of carbonyl (C=O) groups excluding carboxylic acids is 2. The zero-order chi connectivity index (χ0) is 22.5. The van der Waals surface area contributed by atoms with Crippen LogP contribution in [0.1, 0.15) is 33.3 Å². The van der Waals surface area contributed by atoms with E-state index in [1.165, 1.54) is 0 Å². The van der Waals surface area contributed by atoms with Gasteiger partial charge >= 0.3 is 5.97 Å². The van der Waals surface area contributed by atoms with Crippen LogP contribution in [0.5, 0.6) is 0 Å². The molecule has 0 atom stereocenters. The highest BCUT2D eigenvalue weighted by Gasteiger charge is 2.14. The minimum atomic E-state index is -0.403. The number of esters is 1. The standard InChI is InChI=1S/C25H21N3O4/c1-3-31-25(30)17-11-13-19(14-12-17)27-24-20(15-18-8-4-5-9-21(18)32-24)23(29)28-22-10-6-7-16(2)26-22/h4-15H,3H2,1-2H3,(H,26,28,29). The molecule has 2 aromatic carbocycles. The zero-order valence-corrected chi connectivity index (χ0v) is 17.7. The smallest absolute Gasteiger partial charge is 0.338 e. The van der Waals surface area contributed by atoms with Crippen LogP contribution in [-0.2, 0) is 4.74 Å². The van der Waals surface area contributed by atoms with E-state index in [-0.39, 0.29) is 17.0 Å². The molecular weight excluding hydrogens is 406 g/mol. The van der Waals surface area contributed by atoms with Gasteiger partial charge in [-0.1, -0.05) is 24.3 Å². The second-order valence-electron chi connectivity index (χ2n) is 7.00. The number of rotatable bonds is 5. The van der Waals surface area contributed by atoms with Crippen LogP contribution in [0.15, 0.2) is 82.2 Å². The van der Waals surface area contributed by atoms with Crippen molar-refractivity contribution in [2.24, 2.45) is 4.99 Å². The van der Waals surface area contributed by atoms with Crippen LogP contribution in [0.2, 0.25) is 0 Å². The highest BCUT2D eigenvalue weighted by molar-refractivity contribution is 6.05. The predicted molar refractivity (Wildman–Crippen MR) is 121 cm³/mol. The van der Waals surface area contributed by atoms with Crippen LogP contribution in [-0.4, -0.2) is 23.5 Å². The van der Waals surface area contributed by atoms with Gasteiger partial charge in [0.15, 0.2) is 0 Å². The van der Waals surface area contributed by atoms with Gasteiger partial charge in [-0.15, -0.1) is 0 Å². The van der Waals surface area contributed by atoms with Crippen molar-refractivity contribution in [3.63, 3.8) is 0 Å². The van der Waals surface area contributed by atoms with Crippen LogP contribution < -0.4 is 10.9 Å². The highest BCUT2D eigenvalue weighted by Crippen LogP contribution is 2.17. The molecule has 0 unspecified atom stereocenters. The van der Waals surface area contributed by atoms with Crippen LogP contribution in [0.3, 0.4) is 0 Å². The molecule has 0 aliphatic rings. The Morgan fingerprint density at radius 1 is 1.03 bits per heavy atom. The summed E-state index contributed by atoms with van der Waals surface area (Å²) in [5, 5.41) is 3.57. The SMILES string of the molecule is CCOC(=O)c1ccc(N=c2oc3ccccc3cc2C(=O)Nc2cccc(C)n2)cc1. The number of hydrogen-bond donors (Lipinski definition) is 1. The van der Waals surface area contributed by atoms with Crippen molar-refractivity contribution < 1.29 is 18.7 Å². The van der Waals surface area contributed by atoms with E-state index in [1.807, 2.05) is 43.3 Å². The number of pyridine rings is 1. The lowest BCUT2D eigenvalue weighted by Gasteiger charge is -2.07. The Labute approximate surface area is 184 Å². The van der Waals surface area contributed by atoms with E-state index in [0.29, 0.717) is 29.3 Å². The lowest BCUT2D eigenvalue weighted by Crippen LogP contribution is -2.22. The minimum Gasteiger partial charge on any atom is -0.462 e. The average Bonchev–Trinajstić information content (AvgIpc) is 2.79. The van der Waals surface area contributed by atoms with Crippen LogP contribution in [0.25, 0.3) is 11.0 Å². The molecule has 4 aromatic rings. The van der Waals surface area contributed by atoms with Crippen molar-refractivity contribution in [3.8, 4) is 0 Å². The van der Waals surface area contributed by atoms with Gasteiger partial charge in [0.1, 0.15) is 17.0 Å². The molecule has 7 nitrogen and oxygen atoms in total. The van der Waals surface area contributed by atoms with Gasteiger partial charge in [0.2, 0.25) is 5.55 Å². The number of aromatic nitrogens is 1. The molecule has 0 fully saturated rings. The molecule has 0 spiro atoms.